The molecule has 128 valence electrons. The molecule has 2 aromatic carbocycles. The third-order valence-corrected chi connectivity index (χ3v) is 3.89. The second-order valence-electron chi connectivity index (χ2n) is 5.49. The number of benzene rings is 2. The molecule has 1 atom stereocenters. The molecular weight excluding hydrogens is 325 g/mol. The van der Waals surface area contributed by atoms with E-state index in [1.165, 1.54) is 30.9 Å². The van der Waals surface area contributed by atoms with Crippen molar-refractivity contribution < 1.29 is 23.4 Å². The Labute approximate surface area is 143 Å². The number of rotatable bonds is 5. The van der Waals surface area contributed by atoms with E-state index in [4.69, 9.17) is 9.15 Å². The molecule has 0 bridgehead atoms. The average Bonchev–Trinajstić information content (AvgIpc) is 3.10. The first kappa shape index (κ1) is 16.7. The van der Waals surface area contributed by atoms with Crippen molar-refractivity contribution in [2.45, 2.75) is 19.3 Å². The number of hydrogen-bond acceptors (Lipinski definition) is 5. The Morgan fingerprint density at radius 3 is 2.64 bits per heavy atom. The van der Waals surface area contributed by atoms with E-state index >= 15 is 0 Å². The molecule has 25 heavy (non-hydrogen) atoms. The normalized spacial score (nSPS) is 11.9. The van der Waals surface area contributed by atoms with Gasteiger partial charge in [0.25, 0.3) is 5.88 Å². The van der Waals surface area contributed by atoms with Gasteiger partial charge in [0, 0.05) is 5.56 Å². The summed E-state index contributed by atoms with van der Waals surface area (Å²) in [5.41, 5.74) is 1.87. The maximum Gasteiger partial charge on any atom is 0.320 e. The number of phenols is 1. The monoisotopic (exact) mass is 341 g/mol. The van der Waals surface area contributed by atoms with Gasteiger partial charge in [-0.25, -0.2) is 4.39 Å². The molecule has 0 aliphatic heterocycles. The summed E-state index contributed by atoms with van der Waals surface area (Å²) in [5, 5.41) is 10.3. The Balaban J connectivity index is 1.85. The number of carbonyl (C=O) groups excluding carboxylic acids is 1. The summed E-state index contributed by atoms with van der Waals surface area (Å²) in [4.78, 5) is 16.1. The Morgan fingerprint density at radius 1 is 1.28 bits per heavy atom. The van der Waals surface area contributed by atoms with E-state index in [1.54, 1.807) is 24.3 Å². The number of phenolic OH excluding ortho intramolecular Hbond substituents is 1. The van der Waals surface area contributed by atoms with Crippen molar-refractivity contribution in [3.63, 3.8) is 0 Å². The van der Waals surface area contributed by atoms with Crippen LogP contribution in [0.1, 0.15) is 24.8 Å². The first-order valence-electron chi connectivity index (χ1n) is 7.77. The molecule has 0 radical (unpaired) electrons. The van der Waals surface area contributed by atoms with Crippen LogP contribution >= 0.6 is 0 Å². The van der Waals surface area contributed by atoms with Crippen LogP contribution in [-0.4, -0.2) is 16.1 Å². The predicted octanol–water partition coefficient (Wildman–Crippen LogP) is 4.29. The third-order valence-electron chi connectivity index (χ3n) is 3.89. The van der Waals surface area contributed by atoms with E-state index in [0.717, 1.165) is 0 Å². The largest absolute Gasteiger partial charge is 0.507 e. The molecule has 3 rings (SSSR count). The quantitative estimate of drug-likeness (QED) is 0.701. The molecule has 5 nitrogen and oxygen atoms in total. The lowest BCUT2D eigenvalue weighted by atomic mass is 9.93. The van der Waals surface area contributed by atoms with Gasteiger partial charge in [-0.15, -0.1) is 0 Å². The fourth-order valence-corrected chi connectivity index (χ4v) is 2.60. The molecule has 0 aliphatic rings. The summed E-state index contributed by atoms with van der Waals surface area (Å²) in [7, 11) is 0. The van der Waals surface area contributed by atoms with Crippen molar-refractivity contribution in [1.82, 2.24) is 4.98 Å². The molecule has 3 aromatic rings. The molecule has 0 spiro atoms. The van der Waals surface area contributed by atoms with E-state index in [9.17, 15) is 14.3 Å². The smallest absolute Gasteiger partial charge is 0.320 e. The van der Waals surface area contributed by atoms with E-state index in [-0.39, 0.29) is 17.4 Å². The predicted molar refractivity (Wildman–Crippen MR) is 88.7 cm³/mol. The molecule has 1 aromatic heterocycles. The molecule has 1 heterocycles. The highest BCUT2D eigenvalue weighted by Crippen LogP contribution is 2.33. The lowest BCUT2D eigenvalue weighted by Crippen LogP contribution is -2.18. The third kappa shape index (κ3) is 3.68. The Morgan fingerprint density at radius 2 is 2.04 bits per heavy atom. The fourth-order valence-electron chi connectivity index (χ4n) is 2.60. The van der Waals surface area contributed by atoms with E-state index in [2.05, 4.69) is 4.98 Å². The fraction of sp³-hybridized carbons (Fsp3) is 0.158. The molecule has 1 N–H and O–H groups in total. The molecule has 1 unspecified atom stereocenters. The topological polar surface area (TPSA) is 72.6 Å². The molecule has 0 fully saturated rings. The number of halogens is 1. The Bertz CT molecular complexity index is 860. The van der Waals surface area contributed by atoms with Gasteiger partial charge in [-0.05, 0) is 35.7 Å². The first-order valence-corrected chi connectivity index (χ1v) is 7.77. The van der Waals surface area contributed by atoms with E-state index in [1.807, 2.05) is 6.92 Å². The van der Waals surface area contributed by atoms with Gasteiger partial charge < -0.3 is 14.3 Å². The van der Waals surface area contributed by atoms with Crippen molar-refractivity contribution in [2.24, 2.45) is 0 Å². The number of esters is 1. The zero-order chi connectivity index (χ0) is 17.8. The standard InChI is InChI=1S/C19H16FNO4/c1-2-15(19(23)25-18-10-24-11-21-18)13-5-8-16(17(22)9-13)12-3-6-14(20)7-4-12/h3-11,15,22H,2H2,1H3. The van der Waals surface area contributed by atoms with Gasteiger partial charge in [0.15, 0.2) is 12.7 Å². The van der Waals surface area contributed by atoms with Crippen LogP contribution in [0.3, 0.4) is 0 Å². The molecule has 0 saturated heterocycles. The van der Waals surface area contributed by atoms with E-state index in [0.29, 0.717) is 23.1 Å². The van der Waals surface area contributed by atoms with Crippen LogP contribution in [0.15, 0.2) is 59.5 Å². The van der Waals surface area contributed by atoms with E-state index < -0.39 is 11.9 Å². The van der Waals surface area contributed by atoms with Gasteiger partial charge in [0.05, 0.1) is 5.92 Å². The Kier molecular flexibility index (Phi) is 4.79. The van der Waals surface area contributed by atoms with Crippen LogP contribution in [0, 0.1) is 5.82 Å². The first-order chi connectivity index (χ1) is 12.1. The summed E-state index contributed by atoms with van der Waals surface area (Å²) in [6.45, 7) is 1.85. The van der Waals surface area contributed by atoms with Crippen LogP contribution in [0.5, 0.6) is 11.6 Å². The zero-order valence-electron chi connectivity index (χ0n) is 13.5. The van der Waals surface area contributed by atoms with Crippen molar-refractivity contribution in [1.29, 1.82) is 0 Å². The van der Waals surface area contributed by atoms with Gasteiger partial charge in [0.1, 0.15) is 11.6 Å². The van der Waals surface area contributed by atoms with Gasteiger partial charge in [0.2, 0.25) is 0 Å². The highest BCUT2D eigenvalue weighted by Gasteiger charge is 2.23. The highest BCUT2D eigenvalue weighted by molar-refractivity contribution is 5.81. The number of carbonyl (C=O) groups is 1. The second kappa shape index (κ2) is 7.17. The molecule has 0 amide bonds. The SMILES string of the molecule is CCC(C(=O)Oc1cocn1)c1ccc(-c2ccc(F)cc2)c(O)c1. The van der Waals surface area contributed by atoms with Crippen LogP contribution in [0.2, 0.25) is 0 Å². The van der Waals surface area contributed by atoms with Crippen molar-refractivity contribution >= 4 is 5.97 Å². The number of oxazole rings is 1. The summed E-state index contributed by atoms with van der Waals surface area (Å²) < 4.78 is 23.0. The summed E-state index contributed by atoms with van der Waals surface area (Å²) >= 11 is 0. The van der Waals surface area contributed by atoms with Crippen LogP contribution < -0.4 is 4.74 Å². The number of nitrogens with zero attached hydrogens (tertiary/aromatic N) is 1. The van der Waals surface area contributed by atoms with Crippen LogP contribution in [0.4, 0.5) is 4.39 Å². The highest BCUT2D eigenvalue weighted by atomic mass is 19.1. The molecule has 6 heteroatoms. The Hall–Kier alpha value is -3.15. The zero-order valence-corrected chi connectivity index (χ0v) is 13.5. The maximum absolute atomic E-state index is 13.0. The minimum atomic E-state index is -0.551. The second-order valence-corrected chi connectivity index (χ2v) is 5.49. The average molecular weight is 341 g/mol. The van der Waals surface area contributed by atoms with Gasteiger partial charge in [-0.2, -0.15) is 4.98 Å². The molecule has 0 aliphatic carbocycles. The molecule has 0 saturated carbocycles. The van der Waals surface area contributed by atoms with Crippen LogP contribution in [-0.2, 0) is 4.79 Å². The van der Waals surface area contributed by atoms with Crippen LogP contribution in [0.25, 0.3) is 11.1 Å². The number of aromatic hydroxyl groups is 1. The lowest BCUT2D eigenvalue weighted by molar-refractivity contribution is -0.136. The molecular formula is C19H16FNO4. The van der Waals surface area contributed by atoms with Gasteiger partial charge >= 0.3 is 5.97 Å². The lowest BCUT2D eigenvalue weighted by Gasteiger charge is -2.15. The number of aromatic nitrogens is 1. The van der Waals surface area contributed by atoms with Crippen molar-refractivity contribution in [2.75, 3.05) is 0 Å². The minimum Gasteiger partial charge on any atom is -0.507 e. The summed E-state index contributed by atoms with van der Waals surface area (Å²) in [5.74, 6) is -1.27. The van der Waals surface area contributed by atoms with Crippen molar-refractivity contribution in [3.8, 4) is 22.8 Å². The number of ether oxygens (including phenoxy) is 1. The summed E-state index contributed by atoms with van der Waals surface area (Å²) in [6.07, 6.45) is 2.90. The maximum atomic E-state index is 13.0. The minimum absolute atomic E-state index is 0.0109. The number of hydrogen-bond donors (Lipinski definition) is 1. The van der Waals surface area contributed by atoms with Crippen molar-refractivity contribution in [3.05, 3.63) is 66.5 Å². The van der Waals surface area contributed by atoms with Gasteiger partial charge in [-0.3, -0.25) is 4.79 Å². The van der Waals surface area contributed by atoms with Gasteiger partial charge in [-0.1, -0.05) is 31.2 Å². The summed E-state index contributed by atoms with van der Waals surface area (Å²) in [6, 6.07) is 10.8.